The molecule has 2 rings (SSSR count). The summed E-state index contributed by atoms with van der Waals surface area (Å²) in [7, 11) is 1.98. The zero-order chi connectivity index (χ0) is 7.84. The lowest BCUT2D eigenvalue weighted by Crippen LogP contribution is -1.91. The Morgan fingerprint density at radius 1 is 1.55 bits per heavy atom. The highest BCUT2D eigenvalue weighted by molar-refractivity contribution is 14.1. The zero-order valence-electron chi connectivity index (χ0n) is 5.95. The fraction of sp³-hybridized carbons (Fsp3) is 0.143. The minimum absolute atomic E-state index is 0.789. The fourth-order valence-electron chi connectivity index (χ4n) is 1.02. The van der Waals surface area contributed by atoms with E-state index < -0.39 is 0 Å². The predicted molar refractivity (Wildman–Crippen MR) is 51.2 cm³/mol. The van der Waals surface area contributed by atoms with Gasteiger partial charge in [-0.05, 0) is 6.07 Å². The van der Waals surface area contributed by atoms with Crippen LogP contribution < -0.4 is 0 Å². The first-order valence-corrected chi connectivity index (χ1v) is 4.29. The van der Waals surface area contributed by atoms with Crippen molar-refractivity contribution in [1.82, 2.24) is 14.5 Å². The molecule has 56 valence electrons. The molecule has 4 heteroatoms. The van der Waals surface area contributed by atoms with Gasteiger partial charge in [0.15, 0.2) is 3.83 Å². The number of rotatable bonds is 0. The number of aryl methyl sites for hydroxylation is 1. The number of aromatic nitrogens is 3. The largest absolute Gasteiger partial charge is 0.335 e. The average Bonchev–Trinajstić information content (AvgIpc) is 2.33. The molecule has 0 atom stereocenters. The van der Waals surface area contributed by atoms with Gasteiger partial charge in [-0.2, -0.15) is 0 Å². The highest BCUT2D eigenvalue weighted by Crippen LogP contribution is 2.11. The van der Waals surface area contributed by atoms with Gasteiger partial charge in [-0.15, -0.1) is 0 Å². The Morgan fingerprint density at radius 3 is 3.18 bits per heavy atom. The lowest BCUT2D eigenvalue weighted by Gasteiger charge is -1.93. The Labute approximate surface area is 77.6 Å². The summed E-state index contributed by atoms with van der Waals surface area (Å²) in [6.45, 7) is 0. The van der Waals surface area contributed by atoms with E-state index in [0.29, 0.717) is 0 Å². The smallest absolute Gasteiger partial charge is 0.192 e. The Balaban J connectivity index is 2.87. The van der Waals surface area contributed by atoms with Crippen molar-refractivity contribution in [3.8, 4) is 0 Å². The van der Waals surface area contributed by atoms with E-state index in [9.17, 15) is 0 Å². The van der Waals surface area contributed by atoms with Crippen LogP contribution >= 0.6 is 22.6 Å². The van der Waals surface area contributed by atoms with Crippen molar-refractivity contribution in [1.29, 1.82) is 0 Å². The van der Waals surface area contributed by atoms with E-state index >= 15 is 0 Å². The molecule has 0 bridgehead atoms. The molecule has 11 heavy (non-hydrogen) atoms. The first-order chi connectivity index (χ1) is 5.27. The van der Waals surface area contributed by atoms with Crippen molar-refractivity contribution in [3.63, 3.8) is 0 Å². The molecule has 0 aliphatic carbocycles. The minimum atomic E-state index is 0.789. The molecule has 0 saturated heterocycles. The first-order valence-electron chi connectivity index (χ1n) is 3.21. The van der Waals surface area contributed by atoms with Crippen LogP contribution in [0.4, 0.5) is 0 Å². The molecule has 0 unspecified atom stereocenters. The molecule has 0 spiro atoms. The van der Waals surface area contributed by atoms with Crippen LogP contribution in [0.3, 0.4) is 0 Å². The summed E-state index contributed by atoms with van der Waals surface area (Å²) in [6.07, 6.45) is 3.82. The van der Waals surface area contributed by atoms with Gasteiger partial charge in [0.2, 0.25) is 0 Å². The number of halogens is 1. The van der Waals surface area contributed by atoms with E-state index in [1.807, 2.05) is 30.1 Å². The SMILES string of the molecule is Cn1ccc2cnc(I)nc21. The van der Waals surface area contributed by atoms with Gasteiger partial charge in [-0.1, -0.05) is 0 Å². The Bertz CT molecular complexity index is 393. The second-order valence-electron chi connectivity index (χ2n) is 2.34. The van der Waals surface area contributed by atoms with E-state index in [2.05, 4.69) is 32.6 Å². The molecule has 2 heterocycles. The molecule has 0 aliphatic heterocycles. The lowest BCUT2D eigenvalue weighted by molar-refractivity contribution is 0.937. The van der Waals surface area contributed by atoms with Crippen molar-refractivity contribution >= 4 is 33.6 Å². The number of fused-ring (bicyclic) bond motifs is 1. The Morgan fingerprint density at radius 2 is 2.36 bits per heavy atom. The molecule has 0 aliphatic rings. The number of hydrogen-bond acceptors (Lipinski definition) is 2. The topological polar surface area (TPSA) is 30.7 Å². The van der Waals surface area contributed by atoms with Gasteiger partial charge < -0.3 is 4.57 Å². The first kappa shape index (κ1) is 7.02. The third-order valence-corrected chi connectivity index (χ3v) is 2.10. The van der Waals surface area contributed by atoms with E-state index in [4.69, 9.17) is 0 Å². The van der Waals surface area contributed by atoms with Crippen molar-refractivity contribution in [2.75, 3.05) is 0 Å². The molecule has 0 amide bonds. The van der Waals surface area contributed by atoms with E-state index in [1.165, 1.54) is 0 Å². The van der Waals surface area contributed by atoms with Crippen LogP contribution in [0, 0.1) is 3.83 Å². The highest BCUT2D eigenvalue weighted by atomic mass is 127. The summed E-state index contributed by atoms with van der Waals surface area (Å²) in [5.74, 6) is 0. The third-order valence-electron chi connectivity index (χ3n) is 1.58. The second kappa shape index (κ2) is 2.44. The van der Waals surface area contributed by atoms with Crippen molar-refractivity contribution < 1.29 is 0 Å². The Kier molecular flexibility index (Phi) is 1.56. The molecule has 3 nitrogen and oxygen atoms in total. The van der Waals surface area contributed by atoms with Crippen molar-refractivity contribution in [3.05, 3.63) is 22.3 Å². The number of hydrogen-bond donors (Lipinski definition) is 0. The summed E-state index contributed by atoms with van der Waals surface area (Å²) < 4.78 is 2.77. The van der Waals surface area contributed by atoms with Crippen LogP contribution in [0.15, 0.2) is 18.5 Å². The minimum Gasteiger partial charge on any atom is -0.335 e. The average molecular weight is 259 g/mol. The normalized spacial score (nSPS) is 10.7. The summed E-state index contributed by atoms with van der Waals surface area (Å²) in [4.78, 5) is 8.36. The van der Waals surface area contributed by atoms with Gasteiger partial charge in [0, 0.05) is 47.4 Å². The predicted octanol–water partition coefficient (Wildman–Crippen LogP) is 1.57. The standard InChI is InChI=1S/C7H6IN3/c1-11-3-2-5-4-9-7(8)10-6(5)11/h2-4H,1H3. The maximum Gasteiger partial charge on any atom is 0.192 e. The Hall–Kier alpha value is -0.650. The molecule has 0 radical (unpaired) electrons. The molecule has 0 saturated carbocycles. The van der Waals surface area contributed by atoms with Gasteiger partial charge in [0.25, 0.3) is 0 Å². The monoisotopic (exact) mass is 259 g/mol. The van der Waals surface area contributed by atoms with Crippen molar-refractivity contribution in [2.45, 2.75) is 0 Å². The molecule has 2 aromatic heterocycles. The molecule has 2 aromatic rings. The van der Waals surface area contributed by atoms with Crippen LogP contribution in [0.2, 0.25) is 0 Å². The second-order valence-corrected chi connectivity index (χ2v) is 3.31. The molecule has 0 fully saturated rings. The van der Waals surface area contributed by atoms with Gasteiger partial charge >= 0.3 is 0 Å². The van der Waals surface area contributed by atoms with Crippen LogP contribution in [0.5, 0.6) is 0 Å². The van der Waals surface area contributed by atoms with Gasteiger partial charge in [-0.3, -0.25) is 0 Å². The van der Waals surface area contributed by atoms with Gasteiger partial charge in [-0.25, -0.2) is 9.97 Å². The molecule has 0 N–H and O–H groups in total. The molecule has 0 aromatic carbocycles. The van der Waals surface area contributed by atoms with E-state index in [0.717, 1.165) is 14.9 Å². The third kappa shape index (κ3) is 1.11. The zero-order valence-corrected chi connectivity index (χ0v) is 8.11. The van der Waals surface area contributed by atoms with Crippen molar-refractivity contribution in [2.24, 2.45) is 7.05 Å². The highest BCUT2D eigenvalue weighted by Gasteiger charge is 1.99. The lowest BCUT2D eigenvalue weighted by atomic mass is 10.4. The van der Waals surface area contributed by atoms with Crippen LogP contribution in [-0.4, -0.2) is 14.5 Å². The van der Waals surface area contributed by atoms with Gasteiger partial charge in [0.1, 0.15) is 5.65 Å². The maximum absolute atomic E-state index is 4.27. The number of nitrogens with zero attached hydrogens (tertiary/aromatic N) is 3. The van der Waals surface area contributed by atoms with E-state index in [1.54, 1.807) is 0 Å². The van der Waals surface area contributed by atoms with Crippen LogP contribution in [0.25, 0.3) is 11.0 Å². The summed E-state index contributed by atoms with van der Waals surface area (Å²) >= 11 is 2.11. The molecular weight excluding hydrogens is 253 g/mol. The van der Waals surface area contributed by atoms with Crippen LogP contribution in [0.1, 0.15) is 0 Å². The summed E-state index contributed by atoms with van der Waals surface area (Å²) in [5, 5.41) is 1.09. The fourth-order valence-corrected chi connectivity index (χ4v) is 1.39. The molecular formula is C7H6IN3. The van der Waals surface area contributed by atoms with Gasteiger partial charge in [0.05, 0.1) is 0 Å². The summed E-state index contributed by atoms with van der Waals surface area (Å²) in [6, 6.07) is 2.01. The van der Waals surface area contributed by atoms with E-state index in [-0.39, 0.29) is 0 Å². The van der Waals surface area contributed by atoms with Crippen LogP contribution in [-0.2, 0) is 7.05 Å². The quantitative estimate of drug-likeness (QED) is 0.531. The summed E-state index contributed by atoms with van der Waals surface area (Å²) in [5.41, 5.74) is 0.990. The maximum atomic E-state index is 4.27.